The zero-order chi connectivity index (χ0) is 8.69. The lowest BCUT2D eigenvalue weighted by atomic mass is 10.1. The second-order valence-corrected chi connectivity index (χ2v) is 2.20. The molecule has 0 saturated heterocycles. The molecular weight excluding hydrogens is 144 g/mol. The first-order valence-electron chi connectivity index (χ1n) is 3.72. The minimum absolute atomic E-state index is 0.453. The summed E-state index contributed by atoms with van der Waals surface area (Å²) in [5.74, 6) is 0. The van der Waals surface area contributed by atoms with Crippen molar-refractivity contribution in [3.8, 4) is 0 Å². The van der Waals surface area contributed by atoms with Gasteiger partial charge in [0.25, 0.3) is 0 Å². The molecule has 64 valence electrons. The Morgan fingerprint density at radius 3 is 1.91 bits per heavy atom. The zero-order valence-corrected chi connectivity index (χ0v) is 6.91. The Kier molecular flexibility index (Phi) is 5.15. The third-order valence-electron chi connectivity index (χ3n) is 1.40. The lowest BCUT2D eigenvalue weighted by molar-refractivity contribution is 0.312. The molecule has 0 aliphatic rings. The molecule has 0 amide bonds. The van der Waals surface area contributed by atoms with Crippen LogP contribution in [0.25, 0.3) is 0 Å². The molecule has 0 aromatic heterocycles. The Hall–Kier alpha value is -1.06. The van der Waals surface area contributed by atoms with Crippen LogP contribution >= 0.6 is 0 Å². The SMILES string of the molecule is CCCC(=N\O)/C(CC)=N/O. The summed E-state index contributed by atoms with van der Waals surface area (Å²) in [6.07, 6.45) is 2.10. The minimum atomic E-state index is 0.453. The maximum Gasteiger partial charge on any atom is 0.104 e. The van der Waals surface area contributed by atoms with Crippen LogP contribution in [0.1, 0.15) is 33.1 Å². The van der Waals surface area contributed by atoms with E-state index in [1.807, 2.05) is 13.8 Å². The highest BCUT2D eigenvalue weighted by Crippen LogP contribution is 1.98. The molecule has 4 heteroatoms. The fourth-order valence-electron chi connectivity index (χ4n) is 0.821. The molecule has 0 radical (unpaired) electrons. The van der Waals surface area contributed by atoms with E-state index in [0.717, 1.165) is 6.42 Å². The Labute approximate surface area is 66.2 Å². The molecule has 11 heavy (non-hydrogen) atoms. The quantitative estimate of drug-likeness (QED) is 0.372. The molecule has 0 rings (SSSR count). The Morgan fingerprint density at radius 1 is 1.09 bits per heavy atom. The molecule has 0 aromatic carbocycles. The van der Waals surface area contributed by atoms with Crippen molar-refractivity contribution in [3.63, 3.8) is 0 Å². The van der Waals surface area contributed by atoms with Gasteiger partial charge in [0.15, 0.2) is 0 Å². The highest BCUT2D eigenvalue weighted by atomic mass is 16.4. The first-order valence-corrected chi connectivity index (χ1v) is 3.72. The predicted molar refractivity (Wildman–Crippen MR) is 43.6 cm³/mol. The van der Waals surface area contributed by atoms with Gasteiger partial charge in [-0.1, -0.05) is 30.6 Å². The van der Waals surface area contributed by atoms with Gasteiger partial charge in [0.2, 0.25) is 0 Å². The van der Waals surface area contributed by atoms with Crippen molar-refractivity contribution in [1.29, 1.82) is 0 Å². The number of oxime groups is 2. The maximum absolute atomic E-state index is 8.49. The van der Waals surface area contributed by atoms with E-state index in [1.165, 1.54) is 0 Å². The first-order chi connectivity index (χ1) is 5.29. The summed E-state index contributed by atoms with van der Waals surface area (Å²) in [6, 6.07) is 0. The average Bonchev–Trinajstić information content (AvgIpc) is 2.05. The molecule has 0 unspecified atom stereocenters. The molecule has 0 spiro atoms. The van der Waals surface area contributed by atoms with Crippen LogP contribution in [0, 0.1) is 0 Å². The normalized spacial score (nSPS) is 13.6. The Balaban J connectivity index is 4.24. The van der Waals surface area contributed by atoms with E-state index >= 15 is 0 Å². The third-order valence-corrected chi connectivity index (χ3v) is 1.40. The summed E-state index contributed by atoms with van der Waals surface area (Å²) >= 11 is 0. The summed E-state index contributed by atoms with van der Waals surface area (Å²) in [4.78, 5) is 0. The molecule has 0 aromatic rings. The van der Waals surface area contributed by atoms with E-state index in [9.17, 15) is 0 Å². The topological polar surface area (TPSA) is 65.2 Å². The summed E-state index contributed by atoms with van der Waals surface area (Å²) in [7, 11) is 0. The van der Waals surface area contributed by atoms with Gasteiger partial charge in [-0.3, -0.25) is 0 Å². The number of hydrogen-bond acceptors (Lipinski definition) is 4. The van der Waals surface area contributed by atoms with E-state index < -0.39 is 0 Å². The molecular formula is C7H14N2O2. The largest absolute Gasteiger partial charge is 0.411 e. The smallest absolute Gasteiger partial charge is 0.104 e. The second-order valence-electron chi connectivity index (χ2n) is 2.20. The molecule has 0 bridgehead atoms. The second kappa shape index (κ2) is 5.70. The number of nitrogens with zero attached hydrogens (tertiary/aromatic N) is 2. The van der Waals surface area contributed by atoms with Crippen LogP contribution in [0.2, 0.25) is 0 Å². The van der Waals surface area contributed by atoms with Gasteiger partial charge in [-0.2, -0.15) is 0 Å². The van der Waals surface area contributed by atoms with Crippen molar-refractivity contribution in [3.05, 3.63) is 0 Å². The van der Waals surface area contributed by atoms with E-state index in [4.69, 9.17) is 10.4 Å². The van der Waals surface area contributed by atoms with Crippen LogP contribution < -0.4 is 0 Å². The standard InChI is InChI=1S/C7H14N2O2/c1-3-5-7(9-11)6(4-2)8-10/h10-11H,3-5H2,1-2H3/b8-6+,9-7+. The van der Waals surface area contributed by atoms with Crippen LogP contribution in [0.15, 0.2) is 10.3 Å². The summed E-state index contributed by atoms with van der Waals surface area (Å²) < 4.78 is 0. The van der Waals surface area contributed by atoms with Crippen LogP contribution in [0.5, 0.6) is 0 Å². The van der Waals surface area contributed by atoms with Gasteiger partial charge < -0.3 is 10.4 Å². The molecule has 0 atom stereocenters. The number of rotatable bonds is 4. The van der Waals surface area contributed by atoms with E-state index in [1.54, 1.807) is 0 Å². The van der Waals surface area contributed by atoms with Crippen LogP contribution in [-0.2, 0) is 0 Å². The van der Waals surface area contributed by atoms with Crippen molar-refractivity contribution in [1.82, 2.24) is 0 Å². The Morgan fingerprint density at radius 2 is 1.64 bits per heavy atom. The van der Waals surface area contributed by atoms with Crippen molar-refractivity contribution >= 4 is 11.4 Å². The van der Waals surface area contributed by atoms with E-state index in [2.05, 4.69) is 10.3 Å². The van der Waals surface area contributed by atoms with Crippen LogP contribution in [-0.4, -0.2) is 21.8 Å². The summed E-state index contributed by atoms with van der Waals surface area (Å²) in [5.41, 5.74) is 0.923. The maximum atomic E-state index is 8.49. The van der Waals surface area contributed by atoms with Crippen molar-refractivity contribution in [2.24, 2.45) is 10.3 Å². The summed E-state index contributed by atoms with van der Waals surface area (Å²) in [6.45, 7) is 3.81. The third kappa shape index (κ3) is 3.02. The first kappa shape index (κ1) is 9.94. The van der Waals surface area contributed by atoms with Gasteiger partial charge in [-0.25, -0.2) is 0 Å². The van der Waals surface area contributed by atoms with Gasteiger partial charge in [0.1, 0.15) is 11.4 Å². The Bertz CT molecular complexity index is 164. The average molecular weight is 158 g/mol. The van der Waals surface area contributed by atoms with Gasteiger partial charge >= 0.3 is 0 Å². The van der Waals surface area contributed by atoms with Crippen molar-refractivity contribution in [2.75, 3.05) is 0 Å². The van der Waals surface area contributed by atoms with Crippen LogP contribution in [0.4, 0.5) is 0 Å². The predicted octanol–water partition coefficient (Wildman–Crippen LogP) is 1.86. The molecule has 0 heterocycles. The van der Waals surface area contributed by atoms with Gasteiger partial charge in [-0.15, -0.1) is 0 Å². The molecule has 0 aliphatic carbocycles. The lowest BCUT2D eigenvalue weighted by Gasteiger charge is -2.00. The molecule has 4 nitrogen and oxygen atoms in total. The van der Waals surface area contributed by atoms with Gasteiger partial charge in [0, 0.05) is 0 Å². The fourth-order valence-corrected chi connectivity index (χ4v) is 0.821. The molecule has 0 saturated carbocycles. The minimum Gasteiger partial charge on any atom is -0.411 e. The molecule has 0 fully saturated rings. The van der Waals surface area contributed by atoms with Crippen molar-refractivity contribution in [2.45, 2.75) is 33.1 Å². The van der Waals surface area contributed by atoms with E-state index in [0.29, 0.717) is 24.3 Å². The fraction of sp³-hybridized carbons (Fsp3) is 0.714. The highest BCUT2D eigenvalue weighted by Gasteiger charge is 2.06. The van der Waals surface area contributed by atoms with Gasteiger partial charge in [0.05, 0.1) is 0 Å². The monoisotopic (exact) mass is 158 g/mol. The van der Waals surface area contributed by atoms with Crippen molar-refractivity contribution < 1.29 is 10.4 Å². The summed E-state index contributed by atoms with van der Waals surface area (Å²) in [5, 5.41) is 23.0. The van der Waals surface area contributed by atoms with Crippen LogP contribution in [0.3, 0.4) is 0 Å². The molecule has 0 aliphatic heterocycles. The van der Waals surface area contributed by atoms with Gasteiger partial charge in [-0.05, 0) is 12.8 Å². The zero-order valence-electron chi connectivity index (χ0n) is 6.91. The molecule has 2 N–H and O–H groups in total. The number of hydrogen-bond donors (Lipinski definition) is 2. The van der Waals surface area contributed by atoms with E-state index in [-0.39, 0.29) is 0 Å². The lowest BCUT2D eigenvalue weighted by Crippen LogP contribution is -2.12. The highest BCUT2D eigenvalue weighted by molar-refractivity contribution is 6.41.